The maximum absolute atomic E-state index is 12.2. The third kappa shape index (κ3) is 4.38. The van der Waals surface area contributed by atoms with Crippen LogP contribution in [0.2, 0.25) is 5.02 Å². The molecular formula is C12H15ClF3NO. The van der Waals surface area contributed by atoms with Crippen molar-refractivity contribution in [1.29, 1.82) is 0 Å². The Bertz CT molecular complexity index is 395. The summed E-state index contributed by atoms with van der Waals surface area (Å²) in [5.74, 6) is 0.460. The molecule has 1 N–H and O–H groups in total. The van der Waals surface area contributed by atoms with Gasteiger partial charge in [-0.05, 0) is 31.2 Å². The lowest BCUT2D eigenvalue weighted by Gasteiger charge is -2.18. The molecule has 0 aliphatic carbocycles. The van der Waals surface area contributed by atoms with Gasteiger partial charge in [0, 0.05) is 12.5 Å². The Morgan fingerprint density at radius 3 is 2.56 bits per heavy atom. The number of ether oxygens (including phenoxy) is 1. The molecule has 0 bridgehead atoms. The smallest absolute Gasteiger partial charge is 0.389 e. The predicted octanol–water partition coefficient (Wildman–Crippen LogP) is 3.95. The van der Waals surface area contributed by atoms with Gasteiger partial charge in [-0.15, -0.1) is 0 Å². The standard InChI is InChI=1S/C12H15ClF3NO/c1-17-10(5-6-12(14,15)16)8-3-4-9(13)11(7-8)18-2/h3-4,7,10,17H,5-6H2,1-2H3. The molecule has 102 valence electrons. The van der Waals surface area contributed by atoms with Crippen molar-refractivity contribution >= 4 is 11.6 Å². The molecule has 1 atom stereocenters. The zero-order valence-corrected chi connectivity index (χ0v) is 10.9. The van der Waals surface area contributed by atoms with Gasteiger partial charge in [0.25, 0.3) is 0 Å². The summed E-state index contributed by atoms with van der Waals surface area (Å²) in [7, 11) is 3.09. The van der Waals surface area contributed by atoms with Crippen molar-refractivity contribution in [3.8, 4) is 5.75 Å². The summed E-state index contributed by atoms with van der Waals surface area (Å²) in [5.41, 5.74) is 0.725. The molecule has 0 spiro atoms. The Hall–Kier alpha value is -0.940. The van der Waals surface area contributed by atoms with Crippen molar-refractivity contribution < 1.29 is 17.9 Å². The lowest BCUT2D eigenvalue weighted by Crippen LogP contribution is -2.19. The van der Waals surface area contributed by atoms with Crippen molar-refractivity contribution in [2.45, 2.75) is 25.1 Å². The Morgan fingerprint density at radius 2 is 2.06 bits per heavy atom. The molecule has 1 aromatic rings. The van der Waals surface area contributed by atoms with E-state index in [-0.39, 0.29) is 12.5 Å². The summed E-state index contributed by atoms with van der Waals surface area (Å²) in [6.45, 7) is 0. The van der Waals surface area contributed by atoms with Gasteiger partial charge < -0.3 is 10.1 Å². The van der Waals surface area contributed by atoms with Crippen molar-refractivity contribution in [2.24, 2.45) is 0 Å². The summed E-state index contributed by atoms with van der Waals surface area (Å²) < 4.78 is 41.7. The molecular weight excluding hydrogens is 267 g/mol. The molecule has 0 radical (unpaired) electrons. The van der Waals surface area contributed by atoms with Crippen molar-refractivity contribution in [2.75, 3.05) is 14.2 Å². The maximum atomic E-state index is 12.2. The Balaban J connectivity index is 2.82. The average molecular weight is 282 g/mol. The molecule has 18 heavy (non-hydrogen) atoms. The van der Waals surface area contributed by atoms with Gasteiger partial charge in [0.2, 0.25) is 0 Å². The fraction of sp³-hybridized carbons (Fsp3) is 0.500. The van der Waals surface area contributed by atoms with Crippen LogP contribution in [0.3, 0.4) is 0 Å². The van der Waals surface area contributed by atoms with E-state index in [1.807, 2.05) is 0 Å². The largest absolute Gasteiger partial charge is 0.495 e. The predicted molar refractivity (Wildman–Crippen MR) is 65.1 cm³/mol. The highest BCUT2D eigenvalue weighted by Crippen LogP contribution is 2.31. The minimum atomic E-state index is -4.15. The lowest BCUT2D eigenvalue weighted by molar-refractivity contribution is -0.136. The van der Waals surface area contributed by atoms with Gasteiger partial charge in [0.05, 0.1) is 12.1 Å². The van der Waals surface area contributed by atoms with Crippen LogP contribution in [0.4, 0.5) is 13.2 Å². The molecule has 6 heteroatoms. The number of benzene rings is 1. The fourth-order valence-electron chi connectivity index (χ4n) is 1.68. The van der Waals surface area contributed by atoms with E-state index in [2.05, 4.69) is 5.32 Å². The first kappa shape index (κ1) is 15.1. The molecule has 0 aliphatic heterocycles. The first-order chi connectivity index (χ1) is 8.37. The topological polar surface area (TPSA) is 21.3 Å². The van der Waals surface area contributed by atoms with Crippen molar-refractivity contribution in [3.63, 3.8) is 0 Å². The van der Waals surface area contributed by atoms with Gasteiger partial charge in [0.1, 0.15) is 5.75 Å². The first-order valence-corrected chi connectivity index (χ1v) is 5.82. The highest BCUT2D eigenvalue weighted by molar-refractivity contribution is 6.32. The molecule has 0 amide bonds. The van der Waals surface area contributed by atoms with Gasteiger partial charge in [-0.3, -0.25) is 0 Å². The highest BCUT2D eigenvalue weighted by Gasteiger charge is 2.28. The second-order valence-corrected chi connectivity index (χ2v) is 4.30. The molecule has 0 saturated carbocycles. The van der Waals surface area contributed by atoms with Crippen LogP contribution in [0, 0.1) is 0 Å². The normalized spacial score (nSPS) is 13.4. The van der Waals surface area contributed by atoms with Crippen LogP contribution in [0.1, 0.15) is 24.4 Å². The molecule has 1 aromatic carbocycles. The zero-order valence-electron chi connectivity index (χ0n) is 10.1. The van der Waals surface area contributed by atoms with E-state index in [0.717, 1.165) is 5.56 Å². The van der Waals surface area contributed by atoms with Crippen LogP contribution in [0.25, 0.3) is 0 Å². The van der Waals surface area contributed by atoms with E-state index in [9.17, 15) is 13.2 Å². The Kier molecular flexibility index (Phi) is 5.28. The molecule has 0 fully saturated rings. The SMILES string of the molecule is CNC(CCC(F)(F)F)c1ccc(Cl)c(OC)c1. The minimum Gasteiger partial charge on any atom is -0.495 e. The zero-order chi connectivity index (χ0) is 13.8. The van der Waals surface area contributed by atoms with Crippen molar-refractivity contribution in [3.05, 3.63) is 28.8 Å². The third-order valence-corrected chi connectivity index (χ3v) is 2.95. The maximum Gasteiger partial charge on any atom is 0.389 e. The van der Waals surface area contributed by atoms with Gasteiger partial charge >= 0.3 is 6.18 Å². The van der Waals surface area contributed by atoms with E-state index in [4.69, 9.17) is 16.3 Å². The summed E-state index contributed by atoms with van der Waals surface area (Å²) in [6, 6.07) is 4.59. The minimum absolute atomic E-state index is 0.0230. The highest BCUT2D eigenvalue weighted by atomic mass is 35.5. The quantitative estimate of drug-likeness (QED) is 0.882. The van der Waals surface area contributed by atoms with E-state index < -0.39 is 12.6 Å². The summed E-state index contributed by atoms with van der Waals surface area (Å²) in [5, 5.41) is 3.30. The molecule has 1 unspecified atom stereocenters. The lowest BCUT2D eigenvalue weighted by atomic mass is 10.0. The van der Waals surface area contributed by atoms with Crippen LogP contribution >= 0.6 is 11.6 Å². The molecule has 2 nitrogen and oxygen atoms in total. The first-order valence-electron chi connectivity index (χ1n) is 5.45. The number of halogens is 4. The third-order valence-electron chi connectivity index (χ3n) is 2.64. The van der Waals surface area contributed by atoms with Gasteiger partial charge in [-0.25, -0.2) is 0 Å². The van der Waals surface area contributed by atoms with Crippen LogP contribution in [-0.4, -0.2) is 20.3 Å². The Labute approximate surface area is 109 Å². The van der Waals surface area contributed by atoms with Crippen molar-refractivity contribution in [1.82, 2.24) is 5.32 Å². The van der Waals surface area contributed by atoms with Gasteiger partial charge in [0.15, 0.2) is 0 Å². The number of alkyl halides is 3. The summed E-state index contributed by atoms with van der Waals surface area (Å²) in [4.78, 5) is 0. The van der Waals surface area contributed by atoms with E-state index >= 15 is 0 Å². The number of hydrogen-bond acceptors (Lipinski definition) is 2. The molecule has 0 heterocycles. The fourth-order valence-corrected chi connectivity index (χ4v) is 1.87. The number of nitrogens with one attached hydrogen (secondary N) is 1. The average Bonchev–Trinajstić information content (AvgIpc) is 2.30. The van der Waals surface area contributed by atoms with Gasteiger partial charge in [-0.1, -0.05) is 17.7 Å². The monoisotopic (exact) mass is 281 g/mol. The van der Waals surface area contributed by atoms with Crippen LogP contribution in [0.5, 0.6) is 5.75 Å². The Morgan fingerprint density at radius 1 is 1.39 bits per heavy atom. The molecule has 0 aromatic heterocycles. The summed E-state index contributed by atoms with van der Waals surface area (Å²) >= 11 is 5.87. The molecule has 0 aliphatic rings. The molecule has 0 saturated heterocycles. The second-order valence-electron chi connectivity index (χ2n) is 3.89. The van der Waals surface area contributed by atoms with E-state index in [1.165, 1.54) is 7.11 Å². The summed E-state index contributed by atoms with van der Waals surface area (Å²) in [6.07, 6.45) is -5.00. The second kappa shape index (κ2) is 6.29. The van der Waals surface area contributed by atoms with Crippen LogP contribution < -0.4 is 10.1 Å². The number of hydrogen-bond donors (Lipinski definition) is 1. The van der Waals surface area contributed by atoms with E-state index in [1.54, 1.807) is 25.2 Å². The number of rotatable bonds is 5. The van der Waals surface area contributed by atoms with Crippen LogP contribution in [0.15, 0.2) is 18.2 Å². The number of methoxy groups -OCH3 is 1. The van der Waals surface area contributed by atoms with E-state index in [0.29, 0.717) is 10.8 Å². The van der Waals surface area contributed by atoms with Crippen LogP contribution in [-0.2, 0) is 0 Å². The van der Waals surface area contributed by atoms with Gasteiger partial charge in [-0.2, -0.15) is 13.2 Å². The molecule has 1 rings (SSSR count).